The van der Waals surface area contributed by atoms with Gasteiger partial charge in [-0.25, -0.2) is 0 Å². The van der Waals surface area contributed by atoms with Crippen LogP contribution in [0.5, 0.6) is 5.75 Å². The fourth-order valence-electron chi connectivity index (χ4n) is 1.92. The average molecular weight is 358 g/mol. The highest BCUT2D eigenvalue weighted by molar-refractivity contribution is 9.10. The lowest BCUT2D eigenvalue weighted by Gasteiger charge is -2.28. The molecule has 0 aliphatic carbocycles. The largest absolute Gasteiger partial charge is 0.490 e. The molecule has 1 rings (SSSR count). The first-order chi connectivity index (χ1) is 9.77. The summed E-state index contributed by atoms with van der Waals surface area (Å²) in [5, 5.41) is 13.8. The molecule has 120 valence electrons. The van der Waals surface area contributed by atoms with E-state index in [1.54, 1.807) is 0 Å². The molecule has 4 heteroatoms. The summed E-state index contributed by atoms with van der Waals surface area (Å²) in [5.74, 6) is 1.03. The zero-order valence-electron chi connectivity index (χ0n) is 13.8. The van der Waals surface area contributed by atoms with Crippen LogP contribution in [0.4, 0.5) is 0 Å². The van der Waals surface area contributed by atoms with Crippen LogP contribution in [0.2, 0.25) is 0 Å². The van der Waals surface area contributed by atoms with Gasteiger partial charge in [0.15, 0.2) is 0 Å². The Balaban J connectivity index is 2.88. The summed E-state index contributed by atoms with van der Waals surface area (Å²) in [6.45, 7) is 12.1. The van der Waals surface area contributed by atoms with Crippen molar-refractivity contribution in [3.8, 4) is 5.75 Å². The third kappa shape index (κ3) is 5.61. The van der Waals surface area contributed by atoms with Gasteiger partial charge in [0.2, 0.25) is 0 Å². The molecule has 0 radical (unpaired) electrons. The van der Waals surface area contributed by atoms with Crippen molar-refractivity contribution in [2.24, 2.45) is 5.92 Å². The first-order valence-corrected chi connectivity index (χ1v) is 8.42. The van der Waals surface area contributed by atoms with Gasteiger partial charge in [-0.15, -0.1) is 0 Å². The number of ether oxygens (including phenoxy) is 1. The number of hydrogen-bond acceptors (Lipinski definition) is 3. The lowest BCUT2D eigenvalue weighted by Crippen LogP contribution is -2.38. The van der Waals surface area contributed by atoms with E-state index >= 15 is 0 Å². The van der Waals surface area contributed by atoms with Gasteiger partial charge in [0, 0.05) is 16.6 Å². The number of nitrogens with one attached hydrogen (secondary N) is 1. The molecule has 1 aromatic carbocycles. The van der Waals surface area contributed by atoms with Gasteiger partial charge in [-0.2, -0.15) is 0 Å². The molecule has 0 spiro atoms. The van der Waals surface area contributed by atoms with Crippen LogP contribution in [0.15, 0.2) is 16.6 Å². The second-order valence-corrected chi connectivity index (χ2v) is 7.10. The summed E-state index contributed by atoms with van der Waals surface area (Å²) in [5.41, 5.74) is 1.38. The van der Waals surface area contributed by atoms with Crippen LogP contribution in [-0.2, 0) is 6.54 Å². The van der Waals surface area contributed by atoms with Crippen LogP contribution >= 0.6 is 15.9 Å². The zero-order chi connectivity index (χ0) is 16.0. The Bertz CT molecular complexity index is 458. The van der Waals surface area contributed by atoms with Gasteiger partial charge in [-0.1, -0.05) is 36.7 Å². The second kappa shape index (κ2) is 8.16. The Morgan fingerprint density at radius 1 is 1.38 bits per heavy atom. The molecule has 1 aromatic rings. The summed E-state index contributed by atoms with van der Waals surface area (Å²) in [6.07, 6.45) is 1.10. The molecule has 0 fully saturated rings. The molecule has 0 aliphatic heterocycles. The number of rotatable bonds is 8. The van der Waals surface area contributed by atoms with E-state index in [9.17, 15) is 5.11 Å². The Labute approximate surface area is 137 Å². The fourth-order valence-corrected chi connectivity index (χ4v) is 2.54. The van der Waals surface area contributed by atoms with Crippen molar-refractivity contribution in [1.82, 2.24) is 5.32 Å². The predicted octanol–water partition coefficient (Wildman–Crippen LogP) is 4.04. The highest BCUT2D eigenvalue weighted by Crippen LogP contribution is 2.29. The molecule has 21 heavy (non-hydrogen) atoms. The smallest absolute Gasteiger partial charge is 0.126 e. The third-order valence-electron chi connectivity index (χ3n) is 3.81. The molecular weight excluding hydrogens is 330 g/mol. The van der Waals surface area contributed by atoms with Crippen LogP contribution in [0.25, 0.3) is 0 Å². The molecule has 1 atom stereocenters. The van der Waals surface area contributed by atoms with E-state index in [0.717, 1.165) is 40.9 Å². The highest BCUT2D eigenvalue weighted by Gasteiger charge is 2.26. The van der Waals surface area contributed by atoms with Crippen molar-refractivity contribution in [2.75, 3.05) is 13.2 Å². The maximum absolute atomic E-state index is 10.4. The van der Waals surface area contributed by atoms with Crippen LogP contribution in [0, 0.1) is 12.8 Å². The molecule has 0 heterocycles. The van der Waals surface area contributed by atoms with Crippen molar-refractivity contribution in [1.29, 1.82) is 0 Å². The summed E-state index contributed by atoms with van der Waals surface area (Å²) >= 11 is 3.54. The van der Waals surface area contributed by atoms with Crippen molar-refractivity contribution < 1.29 is 9.84 Å². The Kier molecular flexibility index (Phi) is 7.17. The lowest BCUT2D eigenvalue weighted by atomic mass is 9.93. The fraction of sp³-hybridized carbons (Fsp3) is 0.647. The molecule has 0 saturated carbocycles. The van der Waals surface area contributed by atoms with Crippen LogP contribution in [0.1, 0.15) is 45.2 Å². The van der Waals surface area contributed by atoms with Gasteiger partial charge in [-0.05, 0) is 50.4 Å². The van der Waals surface area contributed by atoms with E-state index in [2.05, 4.69) is 34.2 Å². The van der Waals surface area contributed by atoms with E-state index in [1.165, 1.54) is 0 Å². The van der Waals surface area contributed by atoms with Gasteiger partial charge in [0.25, 0.3) is 0 Å². The van der Waals surface area contributed by atoms with Gasteiger partial charge in [0.1, 0.15) is 12.4 Å². The zero-order valence-corrected chi connectivity index (χ0v) is 15.4. The molecule has 3 nitrogen and oxygen atoms in total. The van der Waals surface area contributed by atoms with Crippen molar-refractivity contribution in [3.05, 3.63) is 27.7 Å². The highest BCUT2D eigenvalue weighted by atomic mass is 79.9. The molecule has 1 unspecified atom stereocenters. The topological polar surface area (TPSA) is 41.5 Å². The van der Waals surface area contributed by atoms with Crippen molar-refractivity contribution >= 4 is 15.9 Å². The number of benzene rings is 1. The summed E-state index contributed by atoms with van der Waals surface area (Å²) in [6, 6.07) is 4.12. The van der Waals surface area contributed by atoms with Gasteiger partial charge >= 0.3 is 0 Å². The quantitative estimate of drug-likeness (QED) is 0.689. The van der Waals surface area contributed by atoms with Crippen LogP contribution < -0.4 is 10.1 Å². The molecule has 0 amide bonds. The maximum Gasteiger partial charge on any atom is 0.126 e. The Morgan fingerprint density at radius 3 is 2.62 bits per heavy atom. The first kappa shape index (κ1) is 18.5. The van der Waals surface area contributed by atoms with Gasteiger partial charge in [0.05, 0.1) is 5.60 Å². The number of halogens is 1. The Hall–Kier alpha value is -0.580. The monoisotopic (exact) mass is 357 g/mol. The molecule has 2 N–H and O–H groups in total. The van der Waals surface area contributed by atoms with Crippen molar-refractivity contribution in [3.63, 3.8) is 0 Å². The van der Waals surface area contributed by atoms with Gasteiger partial charge < -0.3 is 15.2 Å². The summed E-state index contributed by atoms with van der Waals surface area (Å²) in [7, 11) is 0. The van der Waals surface area contributed by atoms with E-state index in [-0.39, 0.29) is 5.92 Å². The average Bonchev–Trinajstić information content (AvgIpc) is 2.37. The molecule has 0 saturated heterocycles. The molecule has 0 aliphatic rings. The van der Waals surface area contributed by atoms with Crippen molar-refractivity contribution in [2.45, 2.75) is 53.2 Å². The maximum atomic E-state index is 10.4. The van der Waals surface area contributed by atoms with Crippen LogP contribution in [-0.4, -0.2) is 23.9 Å². The van der Waals surface area contributed by atoms with E-state index in [4.69, 9.17) is 4.74 Å². The number of aliphatic hydroxyl groups is 1. The third-order valence-corrected chi connectivity index (χ3v) is 4.27. The molecule has 0 bridgehead atoms. The molecular formula is C17H28BrNO2. The van der Waals surface area contributed by atoms with E-state index in [1.807, 2.05) is 33.8 Å². The first-order valence-electron chi connectivity index (χ1n) is 7.62. The SMILES string of the molecule is CCCNCc1cc(Br)cc(C)c1OCC(C)(O)C(C)C. The number of aryl methyl sites for hydroxylation is 1. The van der Waals surface area contributed by atoms with Crippen LogP contribution in [0.3, 0.4) is 0 Å². The summed E-state index contributed by atoms with van der Waals surface area (Å²) < 4.78 is 7.02. The van der Waals surface area contributed by atoms with Gasteiger partial charge in [-0.3, -0.25) is 0 Å². The predicted molar refractivity (Wildman–Crippen MR) is 91.8 cm³/mol. The minimum Gasteiger partial charge on any atom is -0.490 e. The normalized spacial score (nSPS) is 14.3. The molecule has 0 aromatic heterocycles. The number of hydrogen-bond donors (Lipinski definition) is 2. The Morgan fingerprint density at radius 2 is 2.05 bits per heavy atom. The lowest BCUT2D eigenvalue weighted by molar-refractivity contribution is -0.0270. The minimum absolute atomic E-state index is 0.148. The summed E-state index contributed by atoms with van der Waals surface area (Å²) in [4.78, 5) is 0. The minimum atomic E-state index is -0.826. The second-order valence-electron chi connectivity index (χ2n) is 6.19. The standard InChI is InChI=1S/C17H28BrNO2/c1-6-7-19-10-14-9-15(18)8-13(4)16(14)21-11-17(5,20)12(2)3/h8-9,12,19-20H,6-7,10-11H2,1-5H3. The van der Waals surface area contributed by atoms with E-state index in [0.29, 0.717) is 6.61 Å². The van der Waals surface area contributed by atoms with E-state index < -0.39 is 5.60 Å².